The van der Waals surface area contributed by atoms with Crippen LogP contribution in [0.3, 0.4) is 0 Å². The first-order valence-electron chi connectivity index (χ1n) is 6.43. The maximum atomic E-state index is 5.68. The van der Waals surface area contributed by atoms with Gasteiger partial charge in [-0.05, 0) is 31.3 Å². The second-order valence-electron chi connectivity index (χ2n) is 4.87. The zero-order valence-corrected chi connectivity index (χ0v) is 11.0. The lowest BCUT2D eigenvalue weighted by molar-refractivity contribution is 0.311. The lowest BCUT2D eigenvalue weighted by atomic mass is 10.3. The molecule has 3 rings (SSSR count). The van der Waals surface area contributed by atoms with Crippen LogP contribution in [-0.4, -0.2) is 52.9 Å². The largest absolute Gasteiger partial charge is 0.399 e. The highest BCUT2D eigenvalue weighted by Crippen LogP contribution is 2.14. The molecule has 2 aromatic rings. The third kappa shape index (κ3) is 2.53. The molecular formula is C13H18N6. The Hall–Kier alpha value is -2.08. The molecule has 1 aliphatic heterocycles. The van der Waals surface area contributed by atoms with Crippen LogP contribution >= 0.6 is 0 Å². The third-order valence-corrected chi connectivity index (χ3v) is 3.42. The van der Waals surface area contributed by atoms with Gasteiger partial charge >= 0.3 is 0 Å². The molecule has 1 aromatic heterocycles. The summed E-state index contributed by atoms with van der Waals surface area (Å²) in [7, 11) is 2.14. The molecule has 0 radical (unpaired) electrons. The predicted molar refractivity (Wildman–Crippen MR) is 75.5 cm³/mol. The van der Waals surface area contributed by atoms with E-state index < -0.39 is 0 Å². The van der Waals surface area contributed by atoms with E-state index in [1.54, 1.807) is 11.0 Å². The van der Waals surface area contributed by atoms with Gasteiger partial charge in [-0.1, -0.05) is 0 Å². The van der Waals surface area contributed by atoms with Gasteiger partial charge in [-0.2, -0.15) is 4.98 Å². The van der Waals surface area contributed by atoms with Crippen LogP contribution in [0.25, 0.3) is 5.69 Å². The molecule has 0 aliphatic carbocycles. The molecule has 6 heteroatoms. The molecule has 2 N–H and O–H groups in total. The van der Waals surface area contributed by atoms with Crippen LogP contribution in [0.1, 0.15) is 0 Å². The van der Waals surface area contributed by atoms with Gasteiger partial charge in [0.25, 0.3) is 0 Å². The Balaban J connectivity index is 1.77. The van der Waals surface area contributed by atoms with Crippen molar-refractivity contribution in [2.45, 2.75) is 0 Å². The molecule has 1 aromatic carbocycles. The van der Waals surface area contributed by atoms with Crippen LogP contribution in [0.4, 0.5) is 11.6 Å². The van der Waals surface area contributed by atoms with Gasteiger partial charge in [0.2, 0.25) is 5.95 Å². The van der Waals surface area contributed by atoms with E-state index in [9.17, 15) is 0 Å². The Bertz CT molecular complexity index is 539. The Morgan fingerprint density at radius 3 is 2.42 bits per heavy atom. The van der Waals surface area contributed by atoms with Crippen LogP contribution < -0.4 is 10.6 Å². The summed E-state index contributed by atoms with van der Waals surface area (Å²) in [6, 6.07) is 7.62. The summed E-state index contributed by atoms with van der Waals surface area (Å²) in [4.78, 5) is 8.92. The Labute approximate surface area is 112 Å². The monoisotopic (exact) mass is 258 g/mol. The normalized spacial score (nSPS) is 16.8. The van der Waals surface area contributed by atoms with E-state index in [0.29, 0.717) is 0 Å². The van der Waals surface area contributed by atoms with Crippen molar-refractivity contribution < 1.29 is 0 Å². The summed E-state index contributed by atoms with van der Waals surface area (Å²) >= 11 is 0. The highest BCUT2D eigenvalue weighted by molar-refractivity contribution is 5.45. The van der Waals surface area contributed by atoms with E-state index in [-0.39, 0.29) is 0 Å². The van der Waals surface area contributed by atoms with Crippen molar-refractivity contribution in [3.63, 3.8) is 0 Å². The van der Waals surface area contributed by atoms with Gasteiger partial charge in [0.1, 0.15) is 6.33 Å². The number of nitrogens with zero attached hydrogens (tertiary/aromatic N) is 5. The fourth-order valence-electron chi connectivity index (χ4n) is 2.16. The van der Waals surface area contributed by atoms with Gasteiger partial charge in [0.15, 0.2) is 0 Å². The maximum Gasteiger partial charge on any atom is 0.245 e. The molecule has 100 valence electrons. The smallest absolute Gasteiger partial charge is 0.245 e. The quantitative estimate of drug-likeness (QED) is 0.799. The zero-order chi connectivity index (χ0) is 13.2. The number of aromatic nitrogens is 3. The summed E-state index contributed by atoms with van der Waals surface area (Å²) in [5, 5.41) is 4.53. The van der Waals surface area contributed by atoms with E-state index in [0.717, 1.165) is 43.5 Å². The molecule has 0 amide bonds. The molecular weight excluding hydrogens is 240 g/mol. The fourth-order valence-corrected chi connectivity index (χ4v) is 2.16. The molecule has 1 aliphatic rings. The molecule has 0 atom stereocenters. The van der Waals surface area contributed by atoms with Crippen molar-refractivity contribution in [3.05, 3.63) is 30.6 Å². The summed E-state index contributed by atoms with van der Waals surface area (Å²) in [5.74, 6) is 0.796. The summed E-state index contributed by atoms with van der Waals surface area (Å²) in [6.45, 7) is 4.05. The molecule has 2 heterocycles. The van der Waals surface area contributed by atoms with Crippen LogP contribution in [0.2, 0.25) is 0 Å². The molecule has 0 unspecified atom stereocenters. The fraction of sp³-hybridized carbons (Fsp3) is 0.385. The number of likely N-dealkylation sites (N-methyl/N-ethyl adjacent to an activating group) is 1. The van der Waals surface area contributed by atoms with Crippen molar-refractivity contribution in [1.82, 2.24) is 19.7 Å². The number of nitrogen functional groups attached to an aromatic ring is 1. The van der Waals surface area contributed by atoms with Crippen LogP contribution in [0, 0.1) is 0 Å². The van der Waals surface area contributed by atoms with E-state index in [4.69, 9.17) is 5.73 Å². The second-order valence-corrected chi connectivity index (χ2v) is 4.87. The van der Waals surface area contributed by atoms with Gasteiger partial charge < -0.3 is 15.5 Å². The number of benzene rings is 1. The number of hydrogen-bond acceptors (Lipinski definition) is 5. The van der Waals surface area contributed by atoms with E-state index in [1.165, 1.54) is 0 Å². The van der Waals surface area contributed by atoms with Crippen molar-refractivity contribution in [2.24, 2.45) is 0 Å². The first-order chi connectivity index (χ1) is 9.22. The Morgan fingerprint density at radius 1 is 1.05 bits per heavy atom. The molecule has 1 fully saturated rings. The van der Waals surface area contributed by atoms with Crippen LogP contribution in [0.5, 0.6) is 0 Å². The minimum absolute atomic E-state index is 0.753. The van der Waals surface area contributed by atoms with Gasteiger partial charge in [0, 0.05) is 31.9 Å². The lowest BCUT2D eigenvalue weighted by Gasteiger charge is -2.31. The Kier molecular flexibility index (Phi) is 3.08. The summed E-state index contributed by atoms with van der Waals surface area (Å²) in [5.41, 5.74) is 7.41. The number of hydrogen-bond donors (Lipinski definition) is 1. The average molecular weight is 258 g/mol. The van der Waals surface area contributed by atoms with Crippen LogP contribution in [0.15, 0.2) is 30.6 Å². The van der Waals surface area contributed by atoms with Crippen molar-refractivity contribution in [3.8, 4) is 5.69 Å². The van der Waals surface area contributed by atoms with Crippen molar-refractivity contribution >= 4 is 11.6 Å². The standard InChI is InChI=1S/C13H18N6/c1-17-6-8-18(9-7-17)13-15-10-19(16-13)12-4-2-11(14)3-5-12/h2-5,10H,6-9,14H2,1H3. The SMILES string of the molecule is CN1CCN(c2ncn(-c3ccc(N)cc3)n2)CC1. The number of nitrogens with two attached hydrogens (primary N) is 1. The lowest BCUT2D eigenvalue weighted by Crippen LogP contribution is -2.45. The van der Waals surface area contributed by atoms with E-state index in [1.807, 2.05) is 24.3 Å². The van der Waals surface area contributed by atoms with E-state index >= 15 is 0 Å². The predicted octanol–water partition coefficient (Wildman–Crippen LogP) is 0.601. The van der Waals surface area contributed by atoms with E-state index in [2.05, 4.69) is 26.9 Å². The van der Waals surface area contributed by atoms with Gasteiger partial charge in [-0.3, -0.25) is 0 Å². The molecule has 19 heavy (non-hydrogen) atoms. The molecule has 0 bridgehead atoms. The Morgan fingerprint density at radius 2 is 1.74 bits per heavy atom. The first-order valence-corrected chi connectivity index (χ1v) is 6.43. The zero-order valence-electron chi connectivity index (χ0n) is 11.0. The van der Waals surface area contributed by atoms with Gasteiger partial charge in [-0.15, -0.1) is 5.10 Å². The number of anilines is 2. The first kappa shape index (κ1) is 12.0. The topological polar surface area (TPSA) is 63.2 Å². The maximum absolute atomic E-state index is 5.68. The molecule has 0 spiro atoms. The van der Waals surface area contributed by atoms with Crippen LogP contribution in [-0.2, 0) is 0 Å². The minimum Gasteiger partial charge on any atom is -0.399 e. The van der Waals surface area contributed by atoms with Gasteiger partial charge in [-0.25, -0.2) is 4.68 Å². The van der Waals surface area contributed by atoms with Gasteiger partial charge in [0.05, 0.1) is 5.69 Å². The molecule has 0 saturated carbocycles. The number of rotatable bonds is 2. The molecule has 6 nitrogen and oxygen atoms in total. The average Bonchev–Trinajstić information content (AvgIpc) is 2.90. The minimum atomic E-state index is 0.753. The highest BCUT2D eigenvalue weighted by atomic mass is 15.4. The molecule has 1 saturated heterocycles. The number of piperazine rings is 1. The second kappa shape index (κ2) is 4.89. The summed E-state index contributed by atoms with van der Waals surface area (Å²) < 4.78 is 1.78. The van der Waals surface area contributed by atoms with Crippen molar-refractivity contribution in [1.29, 1.82) is 0 Å². The summed E-state index contributed by atoms with van der Waals surface area (Å²) in [6.07, 6.45) is 1.75. The highest BCUT2D eigenvalue weighted by Gasteiger charge is 2.17. The third-order valence-electron chi connectivity index (χ3n) is 3.42. The van der Waals surface area contributed by atoms with Crippen molar-refractivity contribution in [2.75, 3.05) is 43.9 Å².